The van der Waals surface area contributed by atoms with E-state index in [1.54, 1.807) is 19.2 Å². The van der Waals surface area contributed by atoms with Crippen molar-refractivity contribution in [2.45, 2.75) is 44.3 Å². The zero-order valence-electron chi connectivity index (χ0n) is 26.3. The number of rotatable bonds is 9. The smallest absolute Gasteiger partial charge is 0.407 e. The number of carbonyl (C=O) groups excluding carboxylic acids is 2. The van der Waals surface area contributed by atoms with Crippen molar-refractivity contribution in [3.8, 4) is 28.3 Å². The van der Waals surface area contributed by atoms with Crippen LogP contribution in [-0.4, -0.2) is 93.9 Å². The molecule has 4 heterocycles. The zero-order chi connectivity index (χ0) is 34.3. The number of benzene rings is 2. The number of halogens is 3. The van der Waals surface area contributed by atoms with Gasteiger partial charge in [-0.2, -0.15) is 0 Å². The van der Waals surface area contributed by atoms with Crippen LogP contribution in [0.2, 0.25) is 15.1 Å². The fourth-order valence-electron chi connectivity index (χ4n) is 6.61. The van der Waals surface area contributed by atoms with Crippen LogP contribution in [0.1, 0.15) is 31.2 Å². The van der Waals surface area contributed by atoms with Crippen LogP contribution in [-0.2, 0) is 16.1 Å². The average Bonchev–Trinajstić information content (AvgIpc) is 3.72. The largest absolute Gasteiger partial charge is 0.481 e. The van der Waals surface area contributed by atoms with Gasteiger partial charge >= 0.3 is 6.09 Å². The van der Waals surface area contributed by atoms with E-state index < -0.39 is 6.09 Å². The molecule has 6 rings (SSSR count). The summed E-state index contributed by atoms with van der Waals surface area (Å²) in [7, 11) is 3.08. The molecular weight excluding hydrogens is 683 g/mol. The number of likely N-dealkylation sites (N-methyl/N-ethyl adjacent to an activating group) is 1. The van der Waals surface area contributed by atoms with Gasteiger partial charge in [0.25, 0.3) is 0 Å². The molecule has 15 heteroatoms. The molecule has 0 bridgehead atoms. The molecule has 253 valence electrons. The van der Waals surface area contributed by atoms with E-state index in [0.717, 1.165) is 6.42 Å². The van der Waals surface area contributed by atoms with E-state index in [1.165, 1.54) is 16.9 Å². The van der Waals surface area contributed by atoms with Gasteiger partial charge in [0.05, 0.1) is 52.3 Å². The molecule has 2 unspecified atom stereocenters. The summed E-state index contributed by atoms with van der Waals surface area (Å²) in [6.07, 6.45) is 1.66. The Hall–Kier alpha value is -3.81. The third kappa shape index (κ3) is 6.23. The number of hydrogen-bond acceptors (Lipinski definition) is 8. The van der Waals surface area contributed by atoms with Gasteiger partial charge in [-0.3, -0.25) is 14.6 Å². The molecule has 3 fully saturated rings. The average molecular weight is 717 g/mol. The summed E-state index contributed by atoms with van der Waals surface area (Å²) in [5, 5.41) is 27.7. The van der Waals surface area contributed by atoms with Crippen molar-refractivity contribution in [2.24, 2.45) is 0 Å². The predicted octanol–water partition coefficient (Wildman–Crippen LogP) is 5.28. The minimum Gasteiger partial charge on any atom is -0.481 e. The van der Waals surface area contributed by atoms with Crippen LogP contribution in [0.25, 0.3) is 22.4 Å². The first-order valence-corrected chi connectivity index (χ1v) is 16.6. The van der Waals surface area contributed by atoms with Crippen molar-refractivity contribution in [1.82, 2.24) is 25.1 Å². The highest BCUT2D eigenvalue weighted by atomic mass is 35.5. The SMILES string of the molecule is COc1nc(-c2cccc(-c3cccc(N4[C](CO)N(C)C(=O)C5CCCN54)c3Cl)c2Cl)cc(Cl)c1CN(CC1CCC(=O)N1)C(=O)O. The Bertz CT molecular complexity index is 1760. The first kappa shape index (κ1) is 34.1. The lowest BCUT2D eigenvalue weighted by atomic mass is 10.00. The fourth-order valence-corrected chi connectivity index (χ4v) is 7.49. The molecule has 48 heavy (non-hydrogen) atoms. The number of carbonyl (C=O) groups is 3. The Labute approximate surface area is 292 Å². The third-order valence-electron chi connectivity index (χ3n) is 9.01. The maximum Gasteiger partial charge on any atom is 0.407 e. The first-order valence-electron chi connectivity index (χ1n) is 15.4. The number of aromatic nitrogens is 1. The second-order valence-electron chi connectivity index (χ2n) is 11.9. The van der Waals surface area contributed by atoms with Gasteiger partial charge in [-0.25, -0.2) is 14.8 Å². The normalized spacial score (nSPS) is 19.9. The lowest BCUT2D eigenvalue weighted by Gasteiger charge is -2.49. The van der Waals surface area contributed by atoms with Gasteiger partial charge in [-0.15, -0.1) is 0 Å². The highest BCUT2D eigenvalue weighted by Crippen LogP contribution is 2.46. The summed E-state index contributed by atoms with van der Waals surface area (Å²) in [4.78, 5) is 44.1. The van der Waals surface area contributed by atoms with Crippen LogP contribution in [0.3, 0.4) is 0 Å². The number of nitrogens with zero attached hydrogens (tertiary/aromatic N) is 5. The van der Waals surface area contributed by atoms with Crippen molar-refractivity contribution in [3.05, 3.63) is 69.3 Å². The topological polar surface area (TPSA) is 139 Å². The number of hydrazine groups is 1. The lowest BCUT2D eigenvalue weighted by Crippen LogP contribution is -2.64. The second-order valence-corrected chi connectivity index (χ2v) is 13.0. The van der Waals surface area contributed by atoms with Gasteiger partial charge in [-0.05, 0) is 31.4 Å². The van der Waals surface area contributed by atoms with Crippen LogP contribution in [0, 0.1) is 6.17 Å². The number of hydrogen-bond donors (Lipinski definition) is 3. The fraction of sp³-hybridized carbons (Fsp3) is 0.364. The van der Waals surface area contributed by atoms with Gasteiger partial charge in [-0.1, -0.05) is 65.1 Å². The summed E-state index contributed by atoms with van der Waals surface area (Å²) >= 11 is 20.9. The van der Waals surface area contributed by atoms with Crippen LogP contribution < -0.4 is 15.1 Å². The summed E-state index contributed by atoms with van der Waals surface area (Å²) in [6.45, 7) is 0.259. The number of aliphatic hydroxyl groups excluding tert-OH is 1. The van der Waals surface area contributed by atoms with Gasteiger partial charge in [0, 0.05) is 49.3 Å². The van der Waals surface area contributed by atoms with Crippen molar-refractivity contribution in [3.63, 3.8) is 0 Å². The molecule has 1 aromatic heterocycles. The molecule has 12 nitrogen and oxygen atoms in total. The number of anilines is 1. The quantitative estimate of drug-likeness (QED) is 0.270. The minimum atomic E-state index is -1.17. The van der Waals surface area contributed by atoms with Crippen LogP contribution in [0.15, 0.2) is 42.5 Å². The predicted molar refractivity (Wildman–Crippen MR) is 182 cm³/mol. The number of aliphatic hydroxyl groups is 1. The summed E-state index contributed by atoms with van der Waals surface area (Å²) in [5.41, 5.74) is 3.15. The Kier molecular flexibility index (Phi) is 9.91. The van der Waals surface area contributed by atoms with Crippen LogP contribution >= 0.6 is 34.8 Å². The molecule has 3 aliphatic rings. The van der Waals surface area contributed by atoms with E-state index in [1.807, 2.05) is 40.3 Å². The molecule has 2 atom stereocenters. The number of fused-ring (bicyclic) bond motifs is 1. The van der Waals surface area contributed by atoms with E-state index in [0.29, 0.717) is 75.7 Å². The van der Waals surface area contributed by atoms with Gasteiger partial charge in [0.15, 0.2) is 6.17 Å². The second kappa shape index (κ2) is 14.0. The van der Waals surface area contributed by atoms with Crippen molar-refractivity contribution in [2.75, 3.05) is 38.9 Å². The molecule has 0 spiro atoms. The van der Waals surface area contributed by atoms with Gasteiger partial charge < -0.3 is 30.1 Å². The Morgan fingerprint density at radius 3 is 2.46 bits per heavy atom. The number of amides is 3. The number of ether oxygens (including phenoxy) is 1. The number of nitrogens with one attached hydrogen (secondary N) is 1. The van der Waals surface area contributed by atoms with E-state index >= 15 is 0 Å². The number of pyridine rings is 1. The summed E-state index contributed by atoms with van der Waals surface area (Å²) in [5.74, 6) is -0.0405. The van der Waals surface area contributed by atoms with E-state index in [2.05, 4.69) is 10.3 Å². The molecule has 3 aliphatic heterocycles. The monoisotopic (exact) mass is 715 g/mol. The first-order chi connectivity index (χ1) is 23.0. The van der Waals surface area contributed by atoms with E-state index in [9.17, 15) is 24.6 Å². The van der Waals surface area contributed by atoms with Crippen molar-refractivity contribution < 1.29 is 29.3 Å². The Morgan fingerprint density at radius 2 is 1.79 bits per heavy atom. The highest BCUT2D eigenvalue weighted by molar-refractivity contribution is 6.39. The van der Waals surface area contributed by atoms with Gasteiger partial charge in [0.2, 0.25) is 17.7 Å². The maximum atomic E-state index is 13.0. The van der Waals surface area contributed by atoms with Crippen LogP contribution in [0.4, 0.5) is 10.5 Å². The molecule has 0 aliphatic carbocycles. The third-order valence-corrected chi connectivity index (χ3v) is 10.2. The molecule has 2 aromatic carbocycles. The minimum absolute atomic E-state index is 0.0681. The van der Waals surface area contributed by atoms with Crippen molar-refractivity contribution >= 4 is 58.4 Å². The zero-order valence-corrected chi connectivity index (χ0v) is 28.5. The highest BCUT2D eigenvalue weighted by Gasteiger charge is 2.47. The molecule has 0 saturated carbocycles. The number of methoxy groups -OCH3 is 1. The molecule has 1 radical (unpaired) electrons. The summed E-state index contributed by atoms with van der Waals surface area (Å²) in [6, 6.07) is 11.9. The lowest BCUT2D eigenvalue weighted by molar-refractivity contribution is -0.139. The van der Waals surface area contributed by atoms with E-state index in [4.69, 9.17) is 39.5 Å². The van der Waals surface area contributed by atoms with Gasteiger partial charge in [0.1, 0.15) is 6.04 Å². The number of carboxylic acid groups (broad SMARTS) is 1. The van der Waals surface area contributed by atoms with Crippen LogP contribution in [0.5, 0.6) is 5.88 Å². The molecule has 3 aromatic rings. The Morgan fingerprint density at radius 1 is 1.08 bits per heavy atom. The van der Waals surface area contributed by atoms with Crippen molar-refractivity contribution in [1.29, 1.82) is 0 Å². The molecular formula is C33H34Cl3N6O6. The molecule has 3 amide bonds. The van der Waals surface area contributed by atoms with E-state index in [-0.39, 0.29) is 54.5 Å². The standard InChI is InChI=1S/C33H34Cl3N6O6/c1-39-28(17-43)42(41-13-5-10-26(41)32(39)45)25-9-4-7-20(30(25)36)19-6-3-8-21(29(19)35)24-14-23(34)22(31(38-24)48-2)16-40(33(46)47)15-18-11-12-27(44)37-18/h3-4,6-9,14,18,26,43H,5,10-13,15-17H2,1-2H3,(H,37,44)(H,46,47). The summed E-state index contributed by atoms with van der Waals surface area (Å²) < 4.78 is 5.57. The molecule has 3 saturated heterocycles. The molecule has 3 N–H and O–H groups in total. The maximum absolute atomic E-state index is 13.0. The Balaban J connectivity index is 1.34.